The molecule has 0 spiro atoms. The smallest absolute Gasteiger partial charge is 0.320 e. The maximum absolute atomic E-state index is 11.2. The van der Waals surface area contributed by atoms with Crippen LogP contribution in [0.25, 0.3) is 11.0 Å². The summed E-state index contributed by atoms with van der Waals surface area (Å²) in [6, 6.07) is 3.84. The molecule has 16 heavy (non-hydrogen) atoms. The SMILES string of the molecule is CC(C)c1cc2[nH]c(=O)[nH]c2cc1SSO. The number of nitrogens with one attached hydrogen (secondary N) is 2. The number of aromatic nitrogens is 2. The number of aromatic amines is 2. The van der Waals surface area contributed by atoms with Crippen molar-refractivity contribution < 1.29 is 4.55 Å². The predicted octanol–water partition coefficient (Wildman–Crippen LogP) is 3.19. The molecule has 0 aliphatic rings. The number of rotatable bonds is 3. The van der Waals surface area contributed by atoms with E-state index in [2.05, 4.69) is 23.8 Å². The van der Waals surface area contributed by atoms with Gasteiger partial charge < -0.3 is 14.5 Å². The third-order valence-corrected chi connectivity index (χ3v) is 3.77. The molecular formula is C10H12N2O2S2. The lowest BCUT2D eigenvalue weighted by atomic mass is 10.0. The fourth-order valence-corrected chi connectivity index (χ4v) is 2.95. The number of fused-ring (bicyclic) bond motifs is 1. The summed E-state index contributed by atoms with van der Waals surface area (Å²) in [5.41, 5.74) is 2.49. The summed E-state index contributed by atoms with van der Waals surface area (Å²) in [5.74, 6) is 0.345. The zero-order valence-electron chi connectivity index (χ0n) is 8.90. The van der Waals surface area contributed by atoms with E-state index >= 15 is 0 Å². The second-order valence-electron chi connectivity index (χ2n) is 3.83. The van der Waals surface area contributed by atoms with Crippen molar-refractivity contribution in [3.63, 3.8) is 0 Å². The van der Waals surface area contributed by atoms with Crippen molar-refractivity contribution in [3.8, 4) is 0 Å². The van der Waals surface area contributed by atoms with E-state index in [4.69, 9.17) is 4.55 Å². The van der Waals surface area contributed by atoms with Crippen molar-refractivity contribution in [1.82, 2.24) is 9.97 Å². The van der Waals surface area contributed by atoms with E-state index in [9.17, 15) is 4.79 Å². The molecule has 0 unspecified atom stereocenters. The first kappa shape index (κ1) is 11.6. The topological polar surface area (TPSA) is 68.9 Å². The minimum absolute atomic E-state index is 0.205. The van der Waals surface area contributed by atoms with Crippen LogP contribution in [0.4, 0.5) is 0 Å². The third kappa shape index (κ3) is 2.14. The van der Waals surface area contributed by atoms with Gasteiger partial charge in [-0.1, -0.05) is 13.8 Å². The molecule has 0 bridgehead atoms. The van der Waals surface area contributed by atoms with Crippen LogP contribution >= 0.6 is 21.9 Å². The van der Waals surface area contributed by atoms with Crippen LogP contribution in [0.3, 0.4) is 0 Å². The van der Waals surface area contributed by atoms with E-state index in [1.165, 1.54) is 10.8 Å². The summed E-state index contributed by atoms with van der Waals surface area (Å²) in [7, 11) is 1.29. The van der Waals surface area contributed by atoms with Gasteiger partial charge in [-0.25, -0.2) is 4.79 Å². The third-order valence-electron chi connectivity index (χ3n) is 2.40. The summed E-state index contributed by atoms with van der Waals surface area (Å²) in [5, 5.41) is 0. The molecular weight excluding hydrogens is 244 g/mol. The van der Waals surface area contributed by atoms with E-state index in [0.29, 0.717) is 17.0 Å². The van der Waals surface area contributed by atoms with E-state index in [-0.39, 0.29) is 5.69 Å². The van der Waals surface area contributed by atoms with Crippen molar-refractivity contribution in [3.05, 3.63) is 28.2 Å². The molecule has 4 nitrogen and oxygen atoms in total. The minimum atomic E-state index is -0.205. The highest BCUT2D eigenvalue weighted by Crippen LogP contribution is 2.36. The Hall–Kier alpha value is -0.850. The molecule has 0 saturated heterocycles. The van der Waals surface area contributed by atoms with Gasteiger partial charge in [-0.2, -0.15) is 0 Å². The quantitative estimate of drug-likeness (QED) is 0.582. The number of hydrogen-bond acceptors (Lipinski definition) is 4. The monoisotopic (exact) mass is 256 g/mol. The Morgan fingerprint density at radius 1 is 1.25 bits per heavy atom. The molecule has 2 rings (SSSR count). The van der Waals surface area contributed by atoms with Crippen molar-refractivity contribution in [1.29, 1.82) is 0 Å². The van der Waals surface area contributed by atoms with E-state index in [1.54, 1.807) is 0 Å². The Morgan fingerprint density at radius 3 is 2.44 bits per heavy atom. The van der Waals surface area contributed by atoms with Gasteiger partial charge in [-0.05, 0) is 34.4 Å². The maximum atomic E-state index is 11.2. The first-order chi connectivity index (χ1) is 7.61. The molecule has 0 atom stereocenters. The van der Waals surface area contributed by atoms with E-state index < -0.39 is 0 Å². The average Bonchev–Trinajstić information content (AvgIpc) is 2.56. The van der Waals surface area contributed by atoms with Crippen LogP contribution in [0.5, 0.6) is 0 Å². The standard InChI is InChI=1S/C10H12N2O2S2/c1-5(2)6-3-7-8(12-10(13)11-7)4-9(6)15-16-14/h3-5,14H,1-2H3,(H2,11,12,13). The molecule has 2 aromatic rings. The Morgan fingerprint density at radius 2 is 1.88 bits per heavy atom. The van der Waals surface area contributed by atoms with Gasteiger partial charge in [-0.3, -0.25) is 0 Å². The lowest BCUT2D eigenvalue weighted by Crippen LogP contribution is -1.99. The molecule has 0 aliphatic carbocycles. The normalized spacial score (nSPS) is 11.5. The first-order valence-electron chi connectivity index (χ1n) is 4.86. The van der Waals surface area contributed by atoms with Crippen LogP contribution in [0.1, 0.15) is 25.3 Å². The Balaban J connectivity index is 2.64. The van der Waals surface area contributed by atoms with Crippen molar-refractivity contribution in [2.24, 2.45) is 0 Å². The zero-order chi connectivity index (χ0) is 11.7. The summed E-state index contributed by atoms with van der Waals surface area (Å²) in [6.45, 7) is 4.16. The number of H-pyrrole nitrogens is 2. The van der Waals surface area contributed by atoms with Crippen LogP contribution in [0.15, 0.2) is 21.8 Å². The Bertz CT molecular complexity index is 559. The molecule has 0 fully saturated rings. The fourth-order valence-electron chi connectivity index (χ4n) is 1.64. The second-order valence-corrected chi connectivity index (χ2v) is 5.53. The van der Waals surface area contributed by atoms with Crippen LogP contribution in [-0.4, -0.2) is 14.5 Å². The van der Waals surface area contributed by atoms with Gasteiger partial charge >= 0.3 is 5.69 Å². The van der Waals surface area contributed by atoms with Crippen molar-refractivity contribution in [2.75, 3.05) is 0 Å². The average molecular weight is 256 g/mol. The predicted molar refractivity (Wildman–Crippen MR) is 69.1 cm³/mol. The first-order valence-corrected chi connectivity index (χ1v) is 6.96. The molecule has 1 aromatic heterocycles. The molecule has 6 heteroatoms. The second kappa shape index (κ2) is 4.57. The lowest BCUT2D eigenvalue weighted by molar-refractivity contribution is 0.676. The molecule has 86 valence electrons. The van der Waals surface area contributed by atoms with Gasteiger partial charge in [0, 0.05) is 4.90 Å². The molecule has 1 aromatic carbocycles. The Labute approximate surface area is 100 Å². The highest BCUT2D eigenvalue weighted by molar-refractivity contribution is 8.74. The summed E-state index contributed by atoms with van der Waals surface area (Å²) >= 11 is 0.716. The lowest BCUT2D eigenvalue weighted by Gasteiger charge is -2.10. The number of hydrogen-bond donors (Lipinski definition) is 3. The Kier molecular flexibility index (Phi) is 3.32. The van der Waals surface area contributed by atoms with Gasteiger partial charge in [0.05, 0.1) is 22.1 Å². The summed E-state index contributed by atoms with van der Waals surface area (Å²) in [4.78, 5) is 17.6. The van der Waals surface area contributed by atoms with Gasteiger partial charge in [0.15, 0.2) is 0 Å². The molecule has 3 N–H and O–H groups in total. The van der Waals surface area contributed by atoms with Crippen molar-refractivity contribution >= 4 is 32.9 Å². The van der Waals surface area contributed by atoms with Gasteiger partial charge in [0.25, 0.3) is 0 Å². The molecule has 0 saturated carbocycles. The summed E-state index contributed by atoms with van der Waals surface area (Å²) in [6.07, 6.45) is 0. The number of benzene rings is 1. The highest BCUT2D eigenvalue weighted by Gasteiger charge is 2.11. The highest BCUT2D eigenvalue weighted by atomic mass is 33.1. The zero-order valence-corrected chi connectivity index (χ0v) is 10.5. The van der Waals surface area contributed by atoms with E-state index in [0.717, 1.165) is 21.5 Å². The van der Waals surface area contributed by atoms with Crippen molar-refractivity contribution in [2.45, 2.75) is 24.7 Å². The number of imidazole rings is 1. The maximum Gasteiger partial charge on any atom is 0.323 e. The molecule has 1 heterocycles. The van der Waals surface area contributed by atoms with Crippen LogP contribution in [-0.2, 0) is 0 Å². The largest absolute Gasteiger partial charge is 0.323 e. The molecule has 0 aliphatic heterocycles. The molecule has 0 amide bonds. The van der Waals surface area contributed by atoms with Crippen LogP contribution in [0.2, 0.25) is 0 Å². The van der Waals surface area contributed by atoms with Crippen LogP contribution < -0.4 is 5.69 Å². The molecule has 0 radical (unpaired) electrons. The van der Waals surface area contributed by atoms with Crippen LogP contribution in [0, 0.1) is 0 Å². The van der Waals surface area contributed by atoms with Gasteiger partial charge in [0.1, 0.15) is 0 Å². The summed E-state index contributed by atoms with van der Waals surface area (Å²) < 4.78 is 8.90. The fraction of sp³-hybridized carbons (Fsp3) is 0.300. The van der Waals surface area contributed by atoms with Gasteiger partial charge in [-0.15, -0.1) is 0 Å². The minimum Gasteiger partial charge on any atom is -0.320 e. The van der Waals surface area contributed by atoms with Gasteiger partial charge in [0.2, 0.25) is 0 Å². The van der Waals surface area contributed by atoms with E-state index in [1.807, 2.05) is 12.1 Å².